The Labute approximate surface area is 64.4 Å². The van der Waals surface area contributed by atoms with E-state index in [2.05, 4.69) is 10.3 Å². The van der Waals surface area contributed by atoms with Crippen LogP contribution in [0.3, 0.4) is 0 Å². The molecule has 0 atom stereocenters. The number of ether oxygens (including phenoxy) is 1. The zero-order valence-corrected chi connectivity index (χ0v) is 6.16. The van der Waals surface area contributed by atoms with Gasteiger partial charge in [0.15, 0.2) is 5.70 Å². The number of hydrogen-bond donors (Lipinski definition) is 1. The van der Waals surface area contributed by atoms with Gasteiger partial charge in [0.25, 0.3) is 0 Å². The number of carbonyl (C=O) groups excluding carboxylic acids is 1. The Bertz CT molecular complexity index is 208. The molecule has 1 N–H and O–H groups in total. The molecular weight excluding hydrogens is 146 g/mol. The molecule has 1 heterocycles. The third-order valence-corrected chi connectivity index (χ3v) is 1.07. The highest BCUT2D eigenvalue weighted by Gasteiger charge is 2.10. The number of allylic oxidation sites excluding steroid dienone is 2. The van der Waals surface area contributed by atoms with Crippen LogP contribution in [0.15, 0.2) is 24.1 Å². The summed E-state index contributed by atoms with van der Waals surface area (Å²) < 4.78 is 4.70. The van der Waals surface area contributed by atoms with Crippen molar-refractivity contribution in [1.82, 2.24) is 5.48 Å². The van der Waals surface area contributed by atoms with Gasteiger partial charge in [-0.2, -0.15) is 0 Å². The molecule has 0 saturated heterocycles. The number of rotatable bonds is 2. The summed E-state index contributed by atoms with van der Waals surface area (Å²) in [5.41, 5.74) is 2.72. The second-order valence-electron chi connectivity index (χ2n) is 1.85. The SMILES string of the molecule is CCOC(=O)C1=CC=CON1. The second kappa shape index (κ2) is 3.65. The Morgan fingerprint density at radius 1 is 1.82 bits per heavy atom. The lowest BCUT2D eigenvalue weighted by Crippen LogP contribution is -2.22. The third-order valence-electron chi connectivity index (χ3n) is 1.07. The van der Waals surface area contributed by atoms with E-state index in [1.165, 1.54) is 6.26 Å². The molecule has 0 unspecified atom stereocenters. The van der Waals surface area contributed by atoms with Gasteiger partial charge in [0, 0.05) is 0 Å². The van der Waals surface area contributed by atoms with Gasteiger partial charge < -0.3 is 9.57 Å². The largest absolute Gasteiger partial charge is 0.461 e. The summed E-state index contributed by atoms with van der Waals surface area (Å²) in [4.78, 5) is 15.6. The van der Waals surface area contributed by atoms with Crippen LogP contribution in [-0.2, 0) is 14.4 Å². The van der Waals surface area contributed by atoms with Gasteiger partial charge in [0.2, 0.25) is 0 Å². The molecule has 0 aliphatic carbocycles. The average Bonchev–Trinajstić information content (AvgIpc) is 2.07. The van der Waals surface area contributed by atoms with E-state index in [-0.39, 0.29) is 0 Å². The molecule has 1 rings (SSSR count). The minimum atomic E-state index is -0.406. The Kier molecular flexibility index (Phi) is 2.54. The van der Waals surface area contributed by atoms with Crippen LogP contribution in [-0.4, -0.2) is 12.6 Å². The first-order chi connectivity index (χ1) is 5.34. The number of carbonyl (C=O) groups is 1. The number of esters is 1. The van der Waals surface area contributed by atoms with Gasteiger partial charge in [-0.3, -0.25) is 0 Å². The highest BCUT2D eigenvalue weighted by Crippen LogP contribution is 1.99. The first-order valence-electron chi connectivity index (χ1n) is 3.30. The predicted octanol–water partition coefficient (Wildman–Crippen LogP) is 0.482. The zero-order chi connectivity index (χ0) is 8.10. The van der Waals surface area contributed by atoms with Gasteiger partial charge in [0.05, 0.1) is 6.61 Å². The molecule has 1 aliphatic rings. The second-order valence-corrected chi connectivity index (χ2v) is 1.85. The standard InChI is InChI=1S/C7H9NO3/c1-2-10-7(9)6-4-3-5-11-8-6/h3-5,8H,2H2,1H3. The molecule has 0 saturated carbocycles. The lowest BCUT2D eigenvalue weighted by atomic mass is 10.4. The van der Waals surface area contributed by atoms with Crippen molar-refractivity contribution in [2.45, 2.75) is 6.92 Å². The van der Waals surface area contributed by atoms with Crippen molar-refractivity contribution < 1.29 is 14.4 Å². The molecular formula is C7H9NO3. The van der Waals surface area contributed by atoms with Gasteiger partial charge in [-0.05, 0) is 19.1 Å². The van der Waals surface area contributed by atoms with Crippen LogP contribution in [0.2, 0.25) is 0 Å². The molecule has 0 radical (unpaired) electrons. The molecule has 0 aromatic rings. The van der Waals surface area contributed by atoms with Crippen LogP contribution >= 0.6 is 0 Å². The maximum atomic E-state index is 10.9. The number of hydrogen-bond acceptors (Lipinski definition) is 4. The van der Waals surface area contributed by atoms with E-state index in [0.29, 0.717) is 12.3 Å². The Balaban J connectivity index is 2.52. The van der Waals surface area contributed by atoms with Crippen molar-refractivity contribution in [2.24, 2.45) is 0 Å². The summed E-state index contributed by atoms with van der Waals surface area (Å²) in [6, 6.07) is 0. The van der Waals surface area contributed by atoms with Crippen LogP contribution in [0.1, 0.15) is 6.92 Å². The van der Waals surface area contributed by atoms with E-state index < -0.39 is 5.97 Å². The van der Waals surface area contributed by atoms with Crippen molar-refractivity contribution >= 4 is 5.97 Å². The zero-order valence-electron chi connectivity index (χ0n) is 6.16. The van der Waals surface area contributed by atoms with Gasteiger partial charge >= 0.3 is 5.97 Å². The molecule has 4 heteroatoms. The summed E-state index contributed by atoms with van der Waals surface area (Å²) >= 11 is 0. The Morgan fingerprint density at radius 2 is 2.64 bits per heavy atom. The van der Waals surface area contributed by atoms with Crippen molar-refractivity contribution in [2.75, 3.05) is 6.61 Å². The molecule has 60 valence electrons. The molecule has 0 aromatic heterocycles. The van der Waals surface area contributed by atoms with Gasteiger partial charge in [-0.1, -0.05) is 0 Å². The molecule has 0 fully saturated rings. The highest BCUT2D eigenvalue weighted by atomic mass is 16.6. The minimum absolute atomic E-state index is 0.314. The predicted molar refractivity (Wildman–Crippen MR) is 38.1 cm³/mol. The first-order valence-corrected chi connectivity index (χ1v) is 3.30. The molecule has 0 aromatic carbocycles. The molecule has 4 nitrogen and oxygen atoms in total. The average molecular weight is 155 g/mol. The van der Waals surface area contributed by atoms with Crippen molar-refractivity contribution in [3.63, 3.8) is 0 Å². The summed E-state index contributed by atoms with van der Waals surface area (Å²) in [5, 5.41) is 0. The fraction of sp³-hybridized carbons (Fsp3) is 0.286. The molecule has 1 aliphatic heterocycles. The smallest absolute Gasteiger partial charge is 0.357 e. The maximum Gasteiger partial charge on any atom is 0.357 e. The lowest BCUT2D eigenvalue weighted by molar-refractivity contribution is -0.140. The number of hydroxylamine groups is 1. The van der Waals surface area contributed by atoms with Crippen LogP contribution in [0.25, 0.3) is 0 Å². The lowest BCUT2D eigenvalue weighted by Gasteiger charge is -2.09. The van der Waals surface area contributed by atoms with E-state index in [1.54, 1.807) is 19.1 Å². The molecule has 0 amide bonds. The topological polar surface area (TPSA) is 47.6 Å². The molecule has 11 heavy (non-hydrogen) atoms. The molecule has 0 spiro atoms. The fourth-order valence-electron chi connectivity index (χ4n) is 0.625. The fourth-order valence-corrected chi connectivity index (χ4v) is 0.625. The summed E-state index contributed by atoms with van der Waals surface area (Å²) in [7, 11) is 0. The normalized spacial score (nSPS) is 14.5. The molecule has 0 bridgehead atoms. The first kappa shape index (κ1) is 7.65. The minimum Gasteiger partial charge on any atom is -0.461 e. The Hall–Kier alpha value is -1.45. The number of nitrogens with one attached hydrogen (secondary N) is 1. The van der Waals surface area contributed by atoms with E-state index in [0.717, 1.165) is 0 Å². The van der Waals surface area contributed by atoms with Crippen molar-refractivity contribution in [1.29, 1.82) is 0 Å². The summed E-state index contributed by atoms with van der Waals surface area (Å²) in [6.07, 6.45) is 4.63. The summed E-state index contributed by atoms with van der Waals surface area (Å²) in [5.74, 6) is -0.406. The monoisotopic (exact) mass is 155 g/mol. The van der Waals surface area contributed by atoms with E-state index >= 15 is 0 Å². The van der Waals surface area contributed by atoms with Crippen LogP contribution in [0.4, 0.5) is 0 Å². The van der Waals surface area contributed by atoms with Crippen molar-refractivity contribution in [3.05, 3.63) is 24.1 Å². The van der Waals surface area contributed by atoms with Crippen LogP contribution < -0.4 is 5.48 Å². The van der Waals surface area contributed by atoms with Gasteiger partial charge in [-0.25, -0.2) is 10.3 Å². The Morgan fingerprint density at radius 3 is 3.18 bits per heavy atom. The summed E-state index contributed by atoms with van der Waals surface area (Å²) in [6.45, 7) is 2.11. The quantitative estimate of drug-likeness (QED) is 0.589. The maximum absolute atomic E-state index is 10.9. The van der Waals surface area contributed by atoms with E-state index in [9.17, 15) is 4.79 Å². The third kappa shape index (κ3) is 2.00. The van der Waals surface area contributed by atoms with Crippen LogP contribution in [0.5, 0.6) is 0 Å². The van der Waals surface area contributed by atoms with Crippen LogP contribution in [0, 0.1) is 0 Å². The van der Waals surface area contributed by atoms with E-state index in [1.807, 2.05) is 0 Å². The van der Waals surface area contributed by atoms with E-state index in [4.69, 9.17) is 4.74 Å². The highest BCUT2D eigenvalue weighted by molar-refractivity contribution is 5.88. The van der Waals surface area contributed by atoms with Gasteiger partial charge in [-0.15, -0.1) is 0 Å². The van der Waals surface area contributed by atoms with Gasteiger partial charge in [0.1, 0.15) is 6.26 Å². The van der Waals surface area contributed by atoms with Crippen molar-refractivity contribution in [3.8, 4) is 0 Å².